The average Bonchev–Trinajstić information content (AvgIpc) is 2.56. The molecule has 0 aliphatic carbocycles. The second-order valence-corrected chi connectivity index (χ2v) is 6.65. The summed E-state index contributed by atoms with van der Waals surface area (Å²) in [5, 5.41) is 2.81. The second-order valence-electron chi connectivity index (χ2n) is 6.65. The van der Waals surface area contributed by atoms with Gasteiger partial charge in [-0.2, -0.15) is 0 Å². The number of alkyl carbamates (subject to hydrolysis) is 1. The zero-order chi connectivity index (χ0) is 14.7. The number of nitrogens with one attached hydrogen (secondary N) is 1. The van der Waals surface area contributed by atoms with E-state index in [9.17, 15) is 9.59 Å². The van der Waals surface area contributed by atoms with Gasteiger partial charge in [0.05, 0.1) is 0 Å². The topological polar surface area (TPSA) is 73.9 Å². The molecule has 0 bridgehead atoms. The molecule has 0 aromatic rings. The van der Waals surface area contributed by atoms with Crippen LogP contribution in [-0.2, 0) is 14.2 Å². The van der Waals surface area contributed by atoms with Crippen molar-refractivity contribution in [2.24, 2.45) is 5.41 Å². The summed E-state index contributed by atoms with van der Waals surface area (Å²) in [6.45, 7) is 10.3. The van der Waals surface area contributed by atoms with Gasteiger partial charge in [-0.25, -0.2) is 9.59 Å². The molecule has 1 amide bonds. The van der Waals surface area contributed by atoms with Gasteiger partial charge in [-0.05, 0) is 25.7 Å². The van der Waals surface area contributed by atoms with Gasteiger partial charge in [0.1, 0.15) is 13.2 Å². The van der Waals surface area contributed by atoms with Crippen molar-refractivity contribution < 1.29 is 23.8 Å². The SMILES string of the molecule is CC(C)(C)CC(C)(C)NC(=O)OCC1COC(=O)O1. The van der Waals surface area contributed by atoms with Crippen LogP contribution < -0.4 is 5.32 Å². The molecule has 6 heteroatoms. The highest BCUT2D eigenvalue weighted by atomic mass is 16.8. The molecule has 1 aliphatic heterocycles. The minimum atomic E-state index is -0.720. The van der Waals surface area contributed by atoms with Gasteiger partial charge in [-0.15, -0.1) is 0 Å². The molecule has 110 valence electrons. The fourth-order valence-corrected chi connectivity index (χ4v) is 2.30. The van der Waals surface area contributed by atoms with E-state index in [0.717, 1.165) is 6.42 Å². The molecule has 1 saturated heterocycles. The van der Waals surface area contributed by atoms with Crippen molar-refractivity contribution in [2.45, 2.75) is 52.7 Å². The van der Waals surface area contributed by atoms with Crippen LogP contribution in [0.5, 0.6) is 0 Å². The number of carbonyl (C=O) groups is 2. The molecule has 0 aromatic heterocycles. The first-order chi connectivity index (χ1) is 8.57. The first-order valence-corrected chi connectivity index (χ1v) is 6.36. The highest BCUT2D eigenvalue weighted by molar-refractivity contribution is 5.68. The maximum absolute atomic E-state index is 11.7. The van der Waals surface area contributed by atoms with Gasteiger partial charge in [0.25, 0.3) is 0 Å². The quantitative estimate of drug-likeness (QED) is 0.796. The third kappa shape index (κ3) is 6.31. The zero-order valence-corrected chi connectivity index (χ0v) is 12.2. The van der Waals surface area contributed by atoms with E-state index in [1.807, 2.05) is 13.8 Å². The summed E-state index contributed by atoms with van der Waals surface area (Å²) >= 11 is 0. The number of cyclic esters (lactones) is 2. The van der Waals surface area contributed by atoms with Gasteiger partial charge in [-0.1, -0.05) is 20.8 Å². The molecule has 1 rings (SSSR count). The van der Waals surface area contributed by atoms with E-state index in [2.05, 4.69) is 30.8 Å². The van der Waals surface area contributed by atoms with Crippen LogP contribution in [0.25, 0.3) is 0 Å². The van der Waals surface area contributed by atoms with E-state index in [1.54, 1.807) is 0 Å². The van der Waals surface area contributed by atoms with Gasteiger partial charge < -0.3 is 19.5 Å². The Morgan fingerprint density at radius 1 is 1.37 bits per heavy atom. The summed E-state index contributed by atoms with van der Waals surface area (Å²) in [6, 6.07) is 0. The maximum atomic E-state index is 11.7. The molecule has 0 spiro atoms. The van der Waals surface area contributed by atoms with Crippen LogP contribution in [0.2, 0.25) is 0 Å². The van der Waals surface area contributed by atoms with E-state index < -0.39 is 18.4 Å². The van der Waals surface area contributed by atoms with E-state index in [0.29, 0.717) is 0 Å². The predicted octanol–water partition coefficient (Wildman–Crippen LogP) is 2.46. The second kappa shape index (κ2) is 5.67. The molecule has 1 aliphatic rings. The lowest BCUT2D eigenvalue weighted by atomic mass is 9.82. The van der Waals surface area contributed by atoms with Crippen molar-refractivity contribution in [1.82, 2.24) is 5.32 Å². The van der Waals surface area contributed by atoms with Crippen LogP contribution in [0.15, 0.2) is 0 Å². The van der Waals surface area contributed by atoms with Crippen molar-refractivity contribution in [3.63, 3.8) is 0 Å². The fourth-order valence-electron chi connectivity index (χ4n) is 2.30. The highest BCUT2D eigenvalue weighted by Crippen LogP contribution is 2.26. The van der Waals surface area contributed by atoms with Crippen LogP contribution in [0.1, 0.15) is 41.0 Å². The van der Waals surface area contributed by atoms with Crippen LogP contribution in [0.3, 0.4) is 0 Å². The van der Waals surface area contributed by atoms with Crippen LogP contribution in [0.4, 0.5) is 9.59 Å². The van der Waals surface area contributed by atoms with E-state index >= 15 is 0 Å². The molecule has 1 fully saturated rings. The van der Waals surface area contributed by atoms with Crippen molar-refractivity contribution >= 4 is 12.2 Å². The smallest absolute Gasteiger partial charge is 0.445 e. The Morgan fingerprint density at radius 2 is 2.00 bits per heavy atom. The molecule has 1 N–H and O–H groups in total. The van der Waals surface area contributed by atoms with Crippen molar-refractivity contribution in [3.05, 3.63) is 0 Å². The first-order valence-electron chi connectivity index (χ1n) is 6.36. The summed E-state index contributed by atoms with van der Waals surface area (Å²) in [6.07, 6.45) is -0.931. The fraction of sp³-hybridized carbons (Fsp3) is 0.846. The molecule has 0 saturated carbocycles. The van der Waals surface area contributed by atoms with Crippen LogP contribution in [0, 0.1) is 5.41 Å². The van der Waals surface area contributed by atoms with E-state index in [1.165, 1.54) is 0 Å². The standard InChI is InChI=1S/C13H23NO5/c1-12(2,3)8-13(4,5)14-10(15)17-6-9-7-18-11(16)19-9/h9H,6-8H2,1-5H3,(H,14,15). The van der Waals surface area contributed by atoms with Gasteiger partial charge in [-0.3, -0.25) is 0 Å². The number of hydrogen-bond acceptors (Lipinski definition) is 5. The van der Waals surface area contributed by atoms with E-state index in [-0.39, 0.29) is 24.2 Å². The van der Waals surface area contributed by atoms with Crippen LogP contribution in [-0.4, -0.2) is 37.1 Å². The molecule has 1 atom stereocenters. The van der Waals surface area contributed by atoms with Gasteiger partial charge in [0.2, 0.25) is 0 Å². The Kier molecular flexibility index (Phi) is 4.66. The zero-order valence-electron chi connectivity index (χ0n) is 12.2. The molecule has 1 heterocycles. The van der Waals surface area contributed by atoms with Crippen LogP contribution >= 0.6 is 0 Å². The Labute approximate surface area is 113 Å². The van der Waals surface area contributed by atoms with Crippen molar-refractivity contribution in [2.75, 3.05) is 13.2 Å². The minimum Gasteiger partial charge on any atom is -0.445 e. The first kappa shape index (κ1) is 15.6. The number of rotatable bonds is 4. The predicted molar refractivity (Wildman–Crippen MR) is 68.9 cm³/mol. The lowest BCUT2D eigenvalue weighted by molar-refractivity contribution is 0.0675. The molecule has 6 nitrogen and oxygen atoms in total. The Bertz CT molecular complexity index is 345. The summed E-state index contributed by atoms with van der Waals surface area (Å²) in [4.78, 5) is 22.4. The summed E-state index contributed by atoms with van der Waals surface area (Å²) < 4.78 is 14.4. The Balaban J connectivity index is 2.32. The maximum Gasteiger partial charge on any atom is 0.508 e. The molecular weight excluding hydrogens is 250 g/mol. The monoisotopic (exact) mass is 273 g/mol. The molecule has 1 unspecified atom stereocenters. The molecular formula is C13H23NO5. The van der Waals surface area contributed by atoms with Crippen molar-refractivity contribution in [3.8, 4) is 0 Å². The largest absolute Gasteiger partial charge is 0.508 e. The van der Waals surface area contributed by atoms with Gasteiger partial charge in [0, 0.05) is 5.54 Å². The summed E-state index contributed by atoms with van der Waals surface area (Å²) in [5.41, 5.74) is -0.260. The van der Waals surface area contributed by atoms with Gasteiger partial charge in [0.15, 0.2) is 6.10 Å². The highest BCUT2D eigenvalue weighted by Gasteiger charge is 2.29. The Morgan fingerprint density at radius 3 is 2.47 bits per heavy atom. The average molecular weight is 273 g/mol. The number of ether oxygens (including phenoxy) is 3. The lowest BCUT2D eigenvalue weighted by Crippen LogP contribution is -2.46. The number of carbonyl (C=O) groups excluding carboxylic acids is 2. The molecule has 0 aromatic carbocycles. The lowest BCUT2D eigenvalue weighted by Gasteiger charge is -2.32. The number of hydrogen-bond donors (Lipinski definition) is 1. The summed E-state index contributed by atoms with van der Waals surface area (Å²) in [7, 11) is 0. The molecule has 19 heavy (non-hydrogen) atoms. The Hall–Kier alpha value is -1.46. The molecule has 0 radical (unpaired) electrons. The van der Waals surface area contributed by atoms with E-state index in [4.69, 9.17) is 9.47 Å². The van der Waals surface area contributed by atoms with Gasteiger partial charge >= 0.3 is 12.2 Å². The van der Waals surface area contributed by atoms with Crippen molar-refractivity contribution in [1.29, 1.82) is 0 Å². The number of amides is 1. The summed E-state index contributed by atoms with van der Waals surface area (Å²) in [5.74, 6) is 0. The third-order valence-corrected chi connectivity index (χ3v) is 2.46. The normalized spacial score (nSPS) is 19.6. The minimum absolute atomic E-state index is 0.00315. The third-order valence-electron chi connectivity index (χ3n) is 2.46.